The molecule has 0 aliphatic rings. The first-order chi connectivity index (χ1) is 12.1. The molecule has 0 atom stereocenters. The van der Waals surface area contributed by atoms with Gasteiger partial charge in [0.25, 0.3) is 0 Å². The summed E-state index contributed by atoms with van der Waals surface area (Å²) >= 11 is 17.0. The third-order valence-electron chi connectivity index (χ3n) is 3.55. The second kappa shape index (κ2) is 6.83. The summed E-state index contributed by atoms with van der Waals surface area (Å²) in [5, 5.41) is 9.74. The molecule has 10 heteroatoms. The van der Waals surface area contributed by atoms with Crippen molar-refractivity contribution in [3.63, 3.8) is 0 Å². The number of hydrogen-bond donors (Lipinski definition) is 1. The van der Waals surface area contributed by atoms with E-state index < -0.39 is 14.6 Å². The number of sulfonamides is 1. The van der Waals surface area contributed by atoms with E-state index in [9.17, 15) is 12.8 Å². The number of rotatable bonds is 4. The smallest absolute Gasteiger partial charge is 0.233 e. The number of primary sulfonamides is 1. The predicted molar refractivity (Wildman–Crippen MR) is 99.9 cm³/mol. The van der Waals surface area contributed by atoms with Gasteiger partial charge in [0.1, 0.15) is 5.69 Å². The van der Waals surface area contributed by atoms with E-state index in [2.05, 4.69) is 5.10 Å². The summed E-state index contributed by atoms with van der Waals surface area (Å²) in [6.07, 6.45) is 0. The molecule has 2 N–H and O–H groups in total. The number of aromatic nitrogens is 2. The van der Waals surface area contributed by atoms with Gasteiger partial charge in [0, 0.05) is 10.6 Å². The fraction of sp³-hybridized carbons (Fsp3) is 0.0625. The van der Waals surface area contributed by atoms with Crippen molar-refractivity contribution in [2.75, 3.05) is 0 Å². The lowest BCUT2D eigenvalue weighted by molar-refractivity contribution is 0.394. The minimum atomic E-state index is -3.83. The summed E-state index contributed by atoms with van der Waals surface area (Å²) in [6, 6.07) is 13.8. The van der Waals surface area contributed by atoms with Crippen molar-refractivity contribution in [3.05, 3.63) is 65.3 Å². The molecule has 26 heavy (non-hydrogen) atoms. The van der Waals surface area contributed by atoms with E-state index in [1.54, 1.807) is 24.3 Å². The second-order valence-electron chi connectivity index (χ2n) is 5.37. The molecule has 2 aromatic carbocycles. The third kappa shape index (κ3) is 4.02. The van der Waals surface area contributed by atoms with Crippen LogP contribution in [0.4, 0.5) is 4.39 Å². The van der Waals surface area contributed by atoms with Crippen molar-refractivity contribution < 1.29 is 12.8 Å². The highest BCUT2D eigenvalue weighted by molar-refractivity contribution is 7.89. The zero-order chi connectivity index (χ0) is 19.1. The minimum absolute atomic E-state index is 0.0591. The SMILES string of the molecule is NS(=O)(=O)c1ccc(-n2nc(C(F)(Cl)Cl)cc2-c2ccc(Cl)cc2)cc1. The molecule has 0 fully saturated rings. The van der Waals surface area contributed by atoms with Crippen LogP contribution in [0.3, 0.4) is 0 Å². The quantitative estimate of drug-likeness (QED) is 0.618. The van der Waals surface area contributed by atoms with Crippen molar-refractivity contribution in [2.45, 2.75) is 9.48 Å². The maximum atomic E-state index is 14.0. The van der Waals surface area contributed by atoms with Crippen LogP contribution >= 0.6 is 34.8 Å². The van der Waals surface area contributed by atoms with Gasteiger partial charge in [-0.05, 0) is 42.5 Å². The van der Waals surface area contributed by atoms with Crippen LogP contribution in [0.15, 0.2) is 59.5 Å². The Morgan fingerprint density at radius 2 is 1.62 bits per heavy atom. The van der Waals surface area contributed by atoms with Crippen molar-refractivity contribution in [3.8, 4) is 16.9 Å². The van der Waals surface area contributed by atoms with Crippen molar-refractivity contribution >= 4 is 44.8 Å². The number of nitrogens with zero attached hydrogens (tertiary/aromatic N) is 2. The standard InChI is InChI=1S/C16H11Cl3FN3O2S/c17-11-3-1-10(2-4-11)14-9-15(16(18,19)20)22-23(14)12-5-7-13(8-6-12)26(21,24)25/h1-9H,(H2,21,24,25). The first kappa shape index (κ1) is 19.1. The molecule has 0 bridgehead atoms. The molecule has 0 amide bonds. The van der Waals surface area contributed by atoms with E-state index in [0.29, 0.717) is 22.0 Å². The Hall–Kier alpha value is -1.64. The normalized spacial score (nSPS) is 12.3. The summed E-state index contributed by atoms with van der Waals surface area (Å²) < 4.78 is 35.5. The molecule has 1 heterocycles. The first-order valence-electron chi connectivity index (χ1n) is 7.12. The minimum Gasteiger partial charge on any atom is -0.233 e. The highest BCUT2D eigenvalue weighted by Gasteiger charge is 2.30. The Morgan fingerprint density at radius 1 is 1.04 bits per heavy atom. The molecule has 0 aliphatic carbocycles. The molecule has 136 valence electrons. The zero-order valence-electron chi connectivity index (χ0n) is 12.9. The van der Waals surface area contributed by atoms with E-state index in [1.807, 2.05) is 0 Å². The topological polar surface area (TPSA) is 78.0 Å². The number of hydrogen-bond acceptors (Lipinski definition) is 3. The van der Waals surface area contributed by atoms with E-state index in [1.165, 1.54) is 35.0 Å². The molecular weight excluding hydrogens is 424 g/mol. The van der Waals surface area contributed by atoms with Gasteiger partial charge >= 0.3 is 4.59 Å². The summed E-state index contributed by atoms with van der Waals surface area (Å²) in [4.78, 5) is -0.0591. The van der Waals surface area contributed by atoms with Gasteiger partial charge in [-0.1, -0.05) is 46.9 Å². The molecule has 1 aromatic heterocycles. The van der Waals surface area contributed by atoms with E-state index >= 15 is 0 Å². The van der Waals surface area contributed by atoms with Crippen molar-refractivity contribution in [1.82, 2.24) is 9.78 Å². The largest absolute Gasteiger partial charge is 0.301 e. The fourth-order valence-corrected chi connectivity index (χ4v) is 3.15. The van der Waals surface area contributed by atoms with E-state index in [0.717, 1.165) is 0 Å². The second-order valence-corrected chi connectivity index (χ2v) is 8.60. The lowest BCUT2D eigenvalue weighted by atomic mass is 10.1. The molecule has 0 saturated heterocycles. The van der Waals surface area contributed by atoms with Crippen LogP contribution in [0.25, 0.3) is 16.9 Å². The maximum Gasteiger partial charge on any atom is 0.301 e. The van der Waals surface area contributed by atoms with Gasteiger partial charge in [0.2, 0.25) is 10.0 Å². The van der Waals surface area contributed by atoms with Crippen LogP contribution in [0.5, 0.6) is 0 Å². The number of nitrogens with two attached hydrogens (primary N) is 1. The van der Waals surface area contributed by atoms with Gasteiger partial charge in [-0.3, -0.25) is 0 Å². The van der Waals surface area contributed by atoms with Crippen LogP contribution in [0, 0.1) is 0 Å². The summed E-state index contributed by atoms with van der Waals surface area (Å²) in [5.41, 5.74) is 1.43. The van der Waals surface area contributed by atoms with E-state index in [4.69, 9.17) is 39.9 Å². The van der Waals surface area contributed by atoms with Crippen LogP contribution in [0.2, 0.25) is 5.02 Å². The van der Waals surface area contributed by atoms with Gasteiger partial charge < -0.3 is 0 Å². The lowest BCUT2D eigenvalue weighted by Gasteiger charge is -2.09. The van der Waals surface area contributed by atoms with Gasteiger partial charge in [-0.25, -0.2) is 22.6 Å². The number of halogens is 4. The third-order valence-corrected chi connectivity index (χ3v) is 5.12. The molecule has 0 radical (unpaired) electrons. The predicted octanol–water partition coefficient (Wildman–Crippen LogP) is 4.40. The Balaban J connectivity index is 2.16. The molecule has 0 saturated carbocycles. The Labute approximate surface area is 164 Å². The Morgan fingerprint density at radius 3 is 2.12 bits per heavy atom. The summed E-state index contributed by atoms with van der Waals surface area (Å²) in [7, 11) is -3.83. The molecule has 0 unspecified atom stereocenters. The van der Waals surface area contributed by atoms with Gasteiger partial charge in [0.05, 0.1) is 16.3 Å². The van der Waals surface area contributed by atoms with Crippen LogP contribution < -0.4 is 5.14 Å². The number of benzene rings is 2. The zero-order valence-corrected chi connectivity index (χ0v) is 16.0. The van der Waals surface area contributed by atoms with Crippen molar-refractivity contribution in [1.29, 1.82) is 0 Å². The fourth-order valence-electron chi connectivity index (χ4n) is 2.32. The van der Waals surface area contributed by atoms with E-state index in [-0.39, 0.29) is 10.6 Å². The molecular formula is C16H11Cl3FN3O2S. The average Bonchev–Trinajstić information content (AvgIpc) is 3.00. The first-order valence-corrected chi connectivity index (χ1v) is 9.80. The van der Waals surface area contributed by atoms with Gasteiger partial charge in [-0.2, -0.15) is 5.10 Å². The number of alkyl halides is 3. The highest BCUT2D eigenvalue weighted by Crippen LogP contribution is 2.37. The van der Waals surface area contributed by atoms with Crippen LogP contribution in [0.1, 0.15) is 5.69 Å². The maximum absolute atomic E-state index is 14.0. The molecule has 3 rings (SSSR count). The summed E-state index contributed by atoms with van der Waals surface area (Å²) in [6.45, 7) is 0. The van der Waals surface area contributed by atoms with Gasteiger partial charge in [0.15, 0.2) is 0 Å². The Kier molecular flexibility index (Phi) is 5.02. The van der Waals surface area contributed by atoms with Gasteiger partial charge in [-0.15, -0.1) is 0 Å². The Bertz CT molecular complexity index is 1040. The average molecular weight is 435 g/mol. The van der Waals surface area contributed by atoms with Crippen molar-refractivity contribution in [2.24, 2.45) is 5.14 Å². The summed E-state index contributed by atoms with van der Waals surface area (Å²) in [5.74, 6) is 0. The highest BCUT2D eigenvalue weighted by atomic mass is 35.5. The van der Waals surface area contributed by atoms with Crippen LogP contribution in [-0.2, 0) is 14.6 Å². The molecule has 0 aliphatic heterocycles. The monoisotopic (exact) mass is 433 g/mol. The lowest BCUT2D eigenvalue weighted by Crippen LogP contribution is -2.12. The molecule has 3 aromatic rings. The molecule has 5 nitrogen and oxygen atoms in total. The molecule has 0 spiro atoms. The van der Waals surface area contributed by atoms with Crippen LogP contribution in [-0.4, -0.2) is 18.2 Å².